The third-order valence-electron chi connectivity index (χ3n) is 4.31. The summed E-state index contributed by atoms with van der Waals surface area (Å²) in [7, 11) is -1.45. The van der Waals surface area contributed by atoms with Crippen LogP contribution in [0.3, 0.4) is 0 Å². The highest BCUT2D eigenvalue weighted by Crippen LogP contribution is 2.18. The highest BCUT2D eigenvalue weighted by atomic mass is 28.3. The molecule has 20 heavy (non-hydrogen) atoms. The fourth-order valence-electron chi connectivity index (χ4n) is 2.38. The van der Waals surface area contributed by atoms with E-state index in [1.54, 1.807) is 5.20 Å². The average Bonchev–Trinajstić information content (AvgIpc) is 2.45. The van der Waals surface area contributed by atoms with Crippen LogP contribution in [0.15, 0.2) is 53.8 Å². The summed E-state index contributed by atoms with van der Waals surface area (Å²) in [6.07, 6.45) is 8.50. The number of unbranched alkanes of at least 4 members (excludes halogenated alkanes) is 1. The highest BCUT2D eigenvalue weighted by molar-refractivity contribution is 6.95. The number of hydrogen-bond donors (Lipinski definition) is 0. The topological polar surface area (TPSA) is 0 Å². The van der Waals surface area contributed by atoms with Crippen LogP contribution in [0.4, 0.5) is 0 Å². The van der Waals surface area contributed by atoms with Crippen LogP contribution in [0.5, 0.6) is 0 Å². The number of benzene rings is 1. The van der Waals surface area contributed by atoms with Crippen LogP contribution >= 0.6 is 0 Å². The lowest BCUT2D eigenvalue weighted by Crippen LogP contribution is -2.42. The van der Waals surface area contributed by atoms with Crippen molar-refractivity contribution in [2.24, 2.45) is 0 Å². The Hall–Kier alpha value is -1.08. The maximum atomic E-state index is 4.19. The van der Waals surface area contributed by atoms with Crippen LogP contribution in [0, 0.1) is 0 Å². The van der Waals surface area contributed by atoms with Crippen molar-refractivity contribution in [2.75, 3.05) is 0 Å². The van der Waals surface area contributed by atoms with E-state index < -0.39 is 8.07 Å². The first-order valence-corrected chi connectivity index (χ1v) is 10.9. The number of hydrogen-bond acceptors (Lipinski definition) is 0. The second-order valence-electron chi connectivity index (χ2n) is 6.27. The molecule has 1 rings (SSSR count). The first-order valence-electron chi connectivity index (χ1n) is 7.88. The number of allylic oxidation sites excluding steroid dienone is 3. The van der Waals surface area contributed by atoms with E-state index in [0.29, 0.717) is 0 Å². The maximum Gasteiger partial charge on any atom is 0.106 e. The van der Waals surface area contributed by atoms with Gasteiger partial charge in [0.25, 0.3) is 0 Å². The average molecular weight is 287 g/mol. The molecule has 0 fully saturated rings. The first-order chi connectivity index (χ1) is 9.48. The molecule has 0 unspecified atom stereocenters. The molecule has 0 aliphatic heterocycles. The largest absolute Gasteiger partial charge is 0.106 e. The van der Waals surface area contributed by atoms with E-state index in [4.69, 9.17) is 0 Å². The van der Waals surface area contributed by atoms with E-state index in [-0.39, 0.29) is 0 Å². The van der Waals surface area contributed by atoms with Crippen molar-refractivity contribution in [1.82, 2.24) is 0 Å². The monoisotopic (exact) mass is 286 g/mol. The van der Waals surface area contributed by atoms with Crippen molar-refractivity contribution in [1.29, 1.82) is 0 Å². The summed E-state index contributed by atoms with van der Waals surface area (Å²) in [5.41, 5.74) is 1.41. The molecule has 1 heteroatoms. The van der Waals surface area contributed by atoms with Crippen LogP contribution < -0.4 is 5.19 Å². The zero-order valence-electron chi connectivity index (χ0n) is 13.7. The predicted octanol–water partition coefficient (Wildman–Crippen LogP) is 5.61. The van der Waals surface area contributed by atoms with Gasteiger partial charge in [-0.25, -0.2) is 0 Å². The molecule has 0 saturated heterocycles. The Morgan fingerprint density at radius 2 is 1.80 bits per heavy atom. The normalized spacial score (nSPS) is 12.5. The van der Waals surface area contributed by atoms with Crippen molar-refractivity contribution in [3.8, 4) is 0 Å². The Balaban J connectivity index is 2.58. The minimum absolute atomic E-state index is 1.15. The van der Waals surface area contributed by atoms with Gasteiger partial charge in [-0.2, -0.15) is 0 Å². The van der Waals surface area contributed by atoms with Gasteiger partial charge in [-0.3, -0.25) is 0 Å². The molecule has 1 aromatic carbocycles. The summed E-state index contributed by atoms with van der Waals surface area (Å²) < 4.78 is 0. The highest BCUT2D eigenvalue weighted by Gasteiger charge is 2.24. The molecular formula is C19H30Si. The van der Waals surface area contributed by atoms with Crippen LogP contribution in [0.1, 0.15) is 46.0 Å². The third kappa shape index (κ3) is 5.13. The zero-order chi connectivity index (χ0) is 15.0. The standard InChI is InChI=1S/C19H30Si/c1-6-7-12-17(2)13-11-14-18(3)20(4,5)19-15-9-8-10-16-19/h8-10,14-16H,2,6-7,11-13H2,1,3-5H3/b18-14+. The Kier molecular flexibility index (Phi) is 7.01. The lowest BCUT2D eigenvalue weighted by molar-refractivity contribution is 0.756. The molecule has 0 spiro atoms. The smallest absolute Gasteiger partial charge is 0.0999 e. The third-order valence-corrected chi connectivity index (χ3v) is 8.27. The zero-order valence-corrected chi connectivity index (χ0v) is 14.7. The van der Waals surface area contributed by atoms with Gasteiger partial charge in [-0.05, 0) is 32.6 Å². The van der Waals surface area contributed by atoms with Crippen molar-refractivity contribution >= 4 is 13.3 Å². The molecule has 0 aliphatic rings. The summed E-state index contributed by atoms with van der Waals surface area (Å²) >= 11 is 0. The maximum absolute atomic E-state index is 4.19. The molecule has 0 radical (unpaired) electrons. The van der Waals surface area contributed by atoms with E-state index in [9.17, 15) is 0 Å². The molecule has 0 nitrogen and oxygen atoms in total. The Bertz CT molecular complexity index is 440. The van der Waals surface area contributed by atoms with Crippen molar-refractivity contribution in [3.63, 3.8) is 0 Å². The van der Waals surface area contributed by atoms with Crippen molar-refractivity contribution in [3.05, 3.63) is 53.8 Å². The van der Waals surface area contributed by atoms with Gasteiger partial charge in [-0.1, -0.05) is 85.4 Å². The van der Waals surface area contributed by atoms with Crippen LogP contribution in [-0.2, 0) is 0 Å². The van der Waals surface area contributed by atoms with Gasteiger partial charge in [0.05, 0.1) is 0 Å². The number of rotatable bonds is 8. The summed E-state index contributed by atoms with van der Waals surface area (Å²) in [5, 5.41) is 3.12. The van der Waals surface area contributed by atoms with Gasteiger partial charge in [0, 0.05) is 0 Å². The van der Waals surface area contributed by atoms with Crippen LogP contribution in [-0.4, -0.2) is 8.07 Å². The Morgan fingerprint density at radius 3 is 2.40 bits per heavy atom. The SMILES string of the molecule is C=C(CC/C=C(\C)[Si](C)(C)c1ccccc1)CCCC. The minimum atomic E-state index is -1.45. The molecule has 0 saturated carbocycles. The Labute approximate surface area is 126 Å². The fraction of sp³-hybridized carbons (Fsp3) is 0.474. The molecule has 0 amide bonds. The van der Waals surface area contributed by atoms with Gasteiger partial charge in [0.1, 0.15) is 8.07 Å². The fourth-order valence-corrected chi connectivity index (χ4v) is 4.52. The molecule has 0 aliphatic carbocycles. The quantitative estimate of drug-likeness (QED) is 0.430. The first kappa shape index (κ1) is 17.0. The van der Waals surface area contributed by atoms with Gasteiger partial charge < -0.3 is 0 Å². The van der Waals surface area contributed by atoms with E-state index in [1.807, 2.05) is 0 Å². The Morgan fingerprint density at radius 1 is 1.15 bits per heavy atom. The lowest BCUT2D eigenvalue weighted by atomic mass is 10.1. The van der Waals surface area contributed by atoms with E-state index in [2.05, 4.69) is 69.9 Å². The molecular weight excluding hydrogens is 256 g/mol. The second kappa shape index (κ2) is 8.26. The van der Waals surface area contributed by atoms with Crippen LogP contribution in [0.2, 0.25) is 13.1 Å². The van der Waals surface area contributed by atoms with Gasteiger partial charge in [0.15, 0.2) is 0 Å². The van der Waals surface area contributed by atoms with E-state index in [0.717, 1.165) is 12.8 Å². The molecule has 0 N–H and O–H groups in total. The van der Waals surface area contributed by atoms with E-state index in [1.165, 1.54) is 30.0 Å². The van der Waals surface area contributed by atoms with Crippen LogP contribution in [0.25, 0.3) is 0 Å². The second-order valence-corrected chi connectivity index (χ2v) is 10.9. The summed E-state index contributed by atoms with van der Waals surface area (Å²) in [4.78, 5) is 0. The lowest BCUT2D eigenvalue weighted by Gasteiger charge is -2.24. The molecule has 0 aromatic heterocycles. The molecule has 1 aromatic rings. The van der Waals surface area contributed by atoms with Crippen molar-refractivity contribution < 1.29 is 0 Å². The van der Waals surface area contributed by atoms with E-state index >= 15 is 0 Å². The summed E-state index contributed by atoms with van der Waals surface area (Å²) in [6, 6.07) is 11.0. The van der Waals surface area contributed by atoms with Gasteiger partial charge in [0.2, 0.25) is 0 Å². The van der Waals surface area contributed by atoms with Gasteiger partial charge >= 0.3 is 0 Å². The minimum Gasteiger partial charge on any atom is -0.0999 e. The summed E-state index contributed by atoms with van der Waals surface area (Å²) in [6.45, 7) is 13.6. The molecule has 0 atom stereocenters. The van der Waals surface area contributed by atoms with Crippen molar-refractivity contribution in [2.45, 2.75) is 59.0 Å². The summed E-state index contributed by atoms with van der Waals surface area (Å²) in [5.74, 6) is 0. The molecule has 110 valence electrons. The molecule has 0 bridgehead atoms. The van der Waals surface area contributed by atoms with Gasteiger partial charge in [-0.15, -0.1) is 0 Å². The molecule has 0 heterocycles. The predicted molar refractivity (Wildman–Crippen MR) is 95.2 cm³/mol.